The van der Waals surface area contributed by atoms with Crippen molar-refractivity contribution in [2.45, 2.75) is 0 Å². The minimum absolute atomic E-state index is 0.0394. The average molecular weight is 297 g/mol. The van der Waals surface area contributed by atoms with Gasteiger partial charge in [-0.25, -0.2) is 4.79 Å². The van der Waals surface area contributed by atoms with Crippen LogP contribution in [-0.4, -0.2) is 25.8 Å². The Bertz CT molecular complexity index is 385. The molecule has 1 heterocycles. The van der Waals surface area contributed by atoms with Crippen LogP contribution in [0.5, 0.6) is 0 Å². The van der Waals surface area contributed by atoms with Gasteiger partial charge in [0.1, 0.15) is 10.6 Å². The zero-order chi connectivity index (χ0) is 10.2. The number of carbonyl (C=O) groups is 1. The quantitative estimate of drug-likeness (QED) is 0.490. The Labute approximate surface area is 85.6 Å². The number of carboxylic acid groups (broad SMARTS) is 1. The van der Waals surface area contributed by atoms with E-state index < -0.39 is 10.9 Å². The lowest BCUT2D eigenvalue weighted by atomic mass is 10.4. The second-order valence-electron chi connectivity index (χ2n) is 2.17. The summed E-state index contributed by atoms with van der Waals surface area (Å²) in [5.74, 6) is -1.58. The molecule has 8 heteroatoms. The van der Waals surface area contributed by atoms with Crippen LogP contribution in [0.4, 0.5) is 5.82 Å². The minimum Gasteiger partial charge on any atom is -0.476 e. The third kappa shape index (κ3) is 1.61. The van der Waals surface area contributed by atoms with Gasteiger partial charge in [0.25, 0.3) is 0 Å². The Morgan fingerprint density at radius 2 is 2.31 bits per heavy atom. The summed E-state index contributed by atoms with van der Waals surface area (Å²) in [7, 11) is 1.33. The molecule has 0 bridgehead atoms. The summed E-state index contributed by atoms with van der Waals surface area (Å²) < 4.78 is 0.975. The van der Waals surface area contributed by atoms with Gasteiger partial charge in [-0.1, -0.05) is 5.10 Å². The Kier molecular flexibility index (Phi) is 2.50. The van der Waals surface area contributed by atoms with Gasteiger partial charge in [0, 0.05) is 0 Å². The zero-order valence-corrected chi connectivity index (χ0v) is 8.55. The van der Waals surface area contributed by atoms with E-state index in [4.69, 9.17) is 5.11 Å². The Balaban J connectivity index is 3.39. The molecule has 1 rings (SSSR count). The highest BCUT2D eigenvalue weighted by atomic mass is 127. The van der Waals surface area contributed by atoms with E-state index in [2.05, 4.69) is 5.10 Å². The molecule has 0 fully saturated rings. The summed E-state index contributed by atoms with van der Waals surface area (Å²) >= 11 is 1.59. The fourth-order valence-corrected chi connectivity index (χ4v) is 1.71. The van der Waals surface area contributed by atoms with E-state index in [1.165, 1.54) is 7.05 Å². The van der Waals surface area contributed by atoms with E-state index in [9.17, 15) is 14.9 Å². The fourth-order valence-electron chi connectivity index (χ4n) is 0.824. The number of nitro groups is 1. The lowest BCUT2D eigenvalue weighted by Crippen LogP contribution is -2.00. The van der Waals surface area contributed by atoms with Crippen molar-refractivity contribution >= 4 is 34.4 Å². The van der Waals surface area contributed by atoms with E-state index in [0.29, 0.717) is 0 Å². The van der Waals surface area contributed by atoms with Crippen molar-refractivity contribution in [1.82, 2.24) is 9.78 Å². The molecule has 70 valence electrons. The second kappa shape index (κ2) is 3.28. The van der Waals surface area contributed by atoms with Crippen LogP contribution in [-0.2, 0) is 7.05 Å². The number of hydrogen-bond acceptors (Lipinski definition) is 4. The third-order valence-corrected chi connectivity index (χ3v) is 2.33. The molecule has 0 amide bonds. The number of halogens is 1. The molecule has 13 heavy (non-hydrogen) atoms. The molecular formula is C5H4IN3O4. The normalized spacial score (nSPS) is 10.0. The van der Waals surface area contributed by atoms with Crippen LogP contribution in [0, 0.1) is 13.7 Å². The van der Waals surface area contributed by atoms with Gasteiger partial charge in [-0.05, 0) is 27.5 Å². The Hall–Kier alpha value is -1.19. The van der Waals surface area contributed by atoms with E-state index >= 15 is 0 Å². The highest BCUT2D eigenvalue weighted by molar-refractivity contribution is 14.1. The summed E-state index contributed by atoms with van der Waals surface area (Å²) in [4.78, 5) is 20.3. The molecule has 0 saturated heterocycles. The van der Waals surface area contributed by atoms with E-state index in [0.717, 1.165) is 4.68 Å². The molecule has 1 aromatic heterocycles. The highest BCUT2D eigenvalue weighted by Gasteiger charge is 2.27. The standard InChI is InChI=1S/C5H4IN3O4/c1-8-4(9(12)13)2(6)3(7-8)5(10)11/h1H3,(H,10,11). The first-order valence-corrected chi connectivity index (χ1v) is 4.13. The molecule has 1 N–H and O–H groups in total. The van der Waals surface area contributed by atoms with Crippen molar-refractivity contribution in [3.63, 3.8) is 0 Å². The van der Waals surface area contributed by atoms with Gasteiger partial charge in [0.05, 0.1) is 0 Å². The summed E-state index contributed by atoms with van der Waals surface area (Å²) in [5.41, 5.74) is -0.296. The zero-order valence-electron chi connectivity index (χ0n) is 6.39. The minimum atomic E-state index is -1.27. The summed E-state index contributed by atoms with van der Waals surface area (Å²) in [6.07, 6.45) is 0. The molecule has 0 saturated carbocycles. The molecule has 7 nitrogen and oxygen atoms in total. The van der Waals surface area contributed by atoms with Gasteiger partial charge in [-0.3, -0.25) is 0 Å². The van der Waals surface area contributed by atoms with Gasteiger partial charge in [-0.15, -0.1) is 4.68 Å². The molecule has 1 aromatic rings. The molecular weight excluding hydrogens is 293 g/mol. The topological polar surface area (TPSA) is 98.3 Å². The lowest BCUT2D eigenvalue weighted by Gasteiger charge is -1.91. The van der Waals surface area contributed by atoms with Crippen LogP contribution in [0.15, 0.2) is 0 Å². The monoisotopic (exact) mass is 297 g/mol. The van der Waals surface area contributed by atoms with Crippen molar-refractivity contribution in [3.8, 4) is 0 Å². The Morgan fingerprint density at radius 3 is 2.54 bits per heavy atom. The number of aromatic carboxylic acids is 1. The van der Waals surface area contributed by atoms with Crippen molar-refractivity contribution in [2.24, 2.45) is 7.05 Å². The smallest absolute Gasteiger partial charge is 0.359 e. The van der Waals surface area contributed by atoms with E-state index in [-0.39, 0.29) is 15.1 Å². The van der Waals surface area contributed by atoms with Crippen LogP contribution >= 0.6 is 22.6 Å². The summed E-state index contributed by atoms with van der Waals surface area (Å²) in [6.45, 7) is 0. The van der Waals surface area contributed by atoms with Crippen molar-refractivity contribution in [1.29, 1.82) is 0 Å². The Morgan fingerprint density at radius 1 is 1.77 bits per heavy atom. The van der Waals surface area contributed by atoms with Crippen LogP contribution in [0.2, 0.25) is 0 Å². The van der Waals surface area contributed by atoms with Crippen LogP contribution in [0.3, 0.4) is 0 Å². The van der Waals surface area contributed by atoms with Crippen LogP contribution < -0.4 is 0 Å². The van der Waals surface area contributed by atoms with Crippen molar-refractivity contribution < 1.29 is 14.8 Å². The maximum Gasteiger partial charge on any atom is 0.359 e. The first-order valence-electron chi connectivity index (χ1n) is 3.05. The third-order valence-electron chi connectivity index (χ3n) is 1.34. The van der Waals surface area contributed by atoms with Crippen molar-refractivity contribution in [3.05, 3.63) is 19.4 Å². The van der Waals surface area contributed by atoms with Crippen LogP contribution in [0.1, 0.15) is 10.5 Å². The number of hydrogen-bond donors (Lipinski definition) is 1. The molecule has 0 radical (unpaired) electrons. The summed E-state index contributed by atoms with van der Waals surface area (Å²) in [6, 6.07) is 0. The number of carboxylic acids is 1. The highest BCUT2D eigenvalue weighted by Crippen LogP contribution is 2.22. The molecule has 0 aliphatic heterocycles. The number of rotatable bonds is 2. The molecule has 0 aliphatic carbocycles. The molecule has 0 unspecified atom stereocenters. The van der Waals surface area contributed by atoms with Gasteiger partial charge < -0.3 is 15.2 Å². The molecule has 0 aromatic carbocycles. The van der Waals surface area contributed by atoms with E-state index in [1.807, 2.05) is 0 Å². The van der Waals surface area contributed by atoms with Gasteiger partial charge >= 0.3 is 11.8 Å². The predicted molar refractivity (Wildman–Crippen MR) is 49.5 cm³/mol. The molecule has 0 atom stereocenters. The average Bonchev–Trinajstić information content (AvgIpc) is 2.26. The van der Waals surface area contributed by atoms with E-state index in [1.54, 1.807) is 22.6 Å². The fraction of sp³-hybridized carbons (Fsp3) is 0.200. The SMILES string of the molecule is Cn1nc(C(=O)O)c(I)c1[N+](=O)[O-]. The first kappa shape index (κ1) is 9.89. The number of aromatic nitrogens is 2. The van der Waals surface area contributed by atoms with Gasteiger partial charge in [0.2, 0.25) is 5.69 Å². The predicted octanol–water partition coefficient (Wildman–Crippen LogP) is 0.631. The number of aryl methyl sites for hydroxylation is 1. The summed E-state index contributed by atoms with van der Waals surface area (Å²) in [5, 5.41) is 22.5. The lowest BCUT2D eigenvalue weighted by molar-refractivity contribution is -0.393. The second-order valence-corrected chi connectivity index (χ2v) is 3.25. The van der Waals surface area contributed by atoms with Crippen LogP contribution in [0.25, 0.3) is 0 Å². The van der Waals surface area contributed by atoms with Gasteiger partial charge in [0.15, 0.2) is 0 Å². The maximum atomic E-state index is 10.5. The number of nitrogens with zero attached hydrogens (tertiary/aromatic N) is 3. The maximum absolute atomic E-state index is 10.5. The largest absolute Gasteiger partial charge is 0.476 e. The molecule has 0 spiro atoms. The first-order chi connectivity index (χ1) is 5.95. The van der Waals surface area contributed by atoms with Gasteiger partial charge in [-0.2, -0.15) is 0 Å². The molecule has 0 aliphatic rings. The van der Waals surface area contributed by atoms with Crippen molar-refractivity contribution in [2.75, 3.05) is 0 Å².